The molecule has 0 fully saturated rings. The van der Waals surface area contributed by atoms with Gasteiger partial charge in [-0.25, -0.2) is 4.39 Å². The molecular formula is C26H22FNO2S. The van der Waals surface area contributed by atoms with Crippen LogP contribution in [0, 0.1) is 5.82 Å². The zero-order chi connectivity index (χ0) is 21.8. The number of fused-ring (bicyclic) bond motifs is 1. The first-order chi connectivity index (χ1) is 15.1. The van der Waals surface area contributed by atoms with Crippen LogP contribution in [0.25, 0.3) is 17.2 Å². The number of rotatable bonds is 6. The van der Waals surface area contributed by atoms with E-state index in [0.29, 0.717) is 5.69 Å². The fourth-order valence-electron chi connectivity index (χ4n) is 3.57. The van der Waals surface area contributed by atoms with E-state index in [4.69, 9.17) is 4.74 Å². The largest absolute Gasteiger partial charge is 0.497 e. The second-order valence-electron chi connectivity index (χ2n) is 7.19. The van der Waals surface area contributed by atoms with Crippen LogP contribution in [0.5, 0.6) is 5.75 Å². The lowest BCUT2D eigenvalue weighted by Crippen LogP contribution is -2.11. The molecule has 0 spiro atoms. The van der Waals surface area contributed by atoms with E-state index in [1.807, 2.05) is 12.3 Å². The lowest BCUT2D eigenvalue weighted by molar-refractivity contribution is -0.115. The number of amides is 1. The summed E-state index contributed by atoms with van der Waals surface area (Å²) >= 11 is 1.69. The molecule has 4 rings (SSSR count). The highest BCUT2D eigenvalue weighted by Gasteiger charge is 2.21. The van der Waals surface area contributed by atoms with Crippen molar-refractivity contribution in [2.75, 3.05) is 18.7 Å². The Balaban J connectivity index is 1.58. The van der Waals surface area contributed by atoms with Crippen LogP contribution < -0.4 is 10.1 Å². The number of benzene rings is 3. The van der Waals surface area contributed by atoms with Crippen LogP contribution in [0.4, 0.5) is 10.1 Å². The average molecular weight is 432 g/mol. The van der Waals surface area contributed by atoms with Gasteiger partial charge in [0.2, 0.25) is 5.91 Å². The monoisotopic (exact) mass is 431 g/mol. The summed E-state index contributed by atoms with van der Waals surface area (Å²) in [5, 5.41) is 2.89. The summed E-state index contributed by atoms with van der Waals surface area (Å²) in [5.74, 6) is 0.254. The van der Waals surface area contributed by atoms with Gasteiger partial charge in [0.05, 0.1) is 13.5 Å². The maximum atomic E-state index is 14.0. The Kier molecular flexibility index (Phi) is 6.23. The highest BCUT2D eigenvalue weighted by atomic mass is 32.2. The topological polar surface area (TPSA) is 38.3 Å². The number of carbonyl (C=O) groups excluding carboxylic acids is 1. The van der Waals surface area contributed by atoms with E-state index in [9.17, 15) is 9.18 Å². The summed E-state index contributed by atoms with van der Waals surface area (Å²) in [6.45, 7) is 0. The van der Waals surface area contributed by atoms with E-state index in [2.05, 4.69) is 35.7 Å². The SMILES string of the molecule is COc1ccc(NC(=O)CC2=CC(=Cc3ccc(SC)cc3)c3ccc(F)cc32)cc1. The quantitative estimate of drug-likeness (QED) is 0.451. The molecule has 0 bridgehead atoms. The van der Waals surface area contributed by atoms with E-state index in [1.54, 1.807) is 49.2 Å². The molecule has 3 aromatic rings. The van der Waals surface area contributed by atoms with E-state index < -0.39 is 0 Å². The van der Waals surface area contributed by atoms with Crippen LogP contribution in [-0.4, -0.2) is 19.3 Å². The van der Waals surface area contributed by atoms with Crippen LogP contribution in [-0.2, 0) is 4.79 Å². The molecule has 0 saturated heterocycles. The molecule has 0 aromatic heterocycles. The van der Waals surface area contributed by atoms with Gasteiger partial charge < -0.3 is 10.1 Å². The highest BCUT2D eigenvalue weighted by molar-refractivity contribution is 7.98. The van der Waals surface area contributed by atoms with Gasteiger partial charge in [-0.1, -0.05) is 18.2 Å². The lowest BCUT2D eigenvalue weighted by Gasteiger charge is -2.08. The van der Waals surface area contributed by atoms with Crippen LogP contribution in [0.3, 0.4) is 0 Å². The fraction of sp³-hybridized carbons (Fsp3) is 0.115. The minimum Gasteiger partial charge on any atom is -0.497 e. The zero-order valence-electron chi connectivity index (χ0n) is 17.3. The molecule has 1 aliphatic rings. The molecule has 0 radical (unpaired) electrons. The number of nitrogens with one attached hydrogen (secondary N) is 1. The van der Waals surface area contributed by atoms with E-state index in [0.717, 1.165) is 33.6 Å². The molecule has 31 heavy (non-hydrogen) atoms. The molecule has 0 atom stereocenters. The summed E-state index contributed by atoms with van der Waals surface area (Å²) < 4.78 is 19.1. The molecule has 0 heterocycles. The molecular weight excluding hydrogens is 409 g/mol. The predicted octanol–water partition coefficient (Wildman–Crippen LogP) is 6.52. The van der Waals surface area contributed by atoms with Gasteiger partial charge in [-0.2, -0.15) is 0 Å². The van der Waals surface area contributed by atoms with Crippen molar-refractivity contribution in [3.8, 4) is 5.75 Å². The number of thioether (sulfide) groups is 1. The minimum absolute atomic E-state index is 0.155. The summed E-state index contributed by atoms with van der Waals surface area (Å²) in [4.78, 5) is 13.9. The zero-order valence-corrected chi connectivity index (χ0v) is 18.1. The Morgan fingerprint density at radius 2 is 1.77 bits per heavy atom. The van der Waals surface area contributed by atoms with E-state index >= 15 is 0 Å². The van der Waals surface area contributed by atoms with E-state index in [1.165, 1.54) is 17.0 Å². The van der Waals surface area contributed by atoms with Gasteiger partial charge in [-0.05, 0) is 94.8 Å². The number of anilines is 1. The second kappa shape index (κ2) is 9.23. The van der Waals surface area contributed by atoms with E-state index in [-0.39, 0.29) is 18.1 Å². The number of hydrogen-bond acceptors (Lipinski definition) is 3. The van der Waals surface area contributed by atoms with Crippen LogP contribution in [0.15, 0.2) is 77.7 Å². The fourth-order valence-corrected chi connectivity index (χ4v) is 3.98. The third-order valence-corrected chi connectivity index (χ3v) is 5.87. The van der Waals surface area contributed by atoms with Gasteiger partial charge in [0.25, 0.3) is 0 Å². The van der Waals surface area contributed by atoms with Crippen molar-refractivity contribution in [3.05, 3.63) is 95.3 Å². The molecule has 1 aliphatic carbocycles. The number of carbonyl (C=O) groups is 1. The molecule has 3 aromatic carbocycles. The van der Waals surface area contributed by atoms with Gasteiger partial charge in [0.15, 0.2) is 0 Å². The molecule has 3 nitrogen and oxygen atoms in total. The maximum Gasteiger partial charge on any atom is 0.228 e. The second-order valence-corrected chi connectivity index (χ2v) is 8.07. The predicted molar refractivity (Wildman–Crippen MR) is 127 cm³/mol. The van der Waals surface area contributed by atoms with Crippen molar-refractivity contribution in [2.24, 2.45) is 0 Å². The Morgan fingerprint density at radius 1 is 1.03 bits per heavy atom. The molecule has 0 unspecified atom stereocenters. The van der Waals surface area contributed by atoms with Crippen molar-refractivity contribution in [3.63, 3.8) is 0 Å². The third kappa shape index (κ3) is 4.89. The summed E-state index contributed by atoms with van der Waals surface area (Å²) in [5.41, 5.74) is 5.21. The van der Waals surface area contributed by atoms with Crippen molar-refractivity contribution >= 4 is 40.6 Å². The van der Waals surface area contributed by atoms with Gasteiger partial charge in [0, 0.05) is 10.6 Å². The van der Waals surface area contributed by atoms with Crippen molar-refractivity contribution < 1.29 is 13.9 Å². The first kappa shape index (κ1) is 20.9. The smallest absolute Gasteiger partial charge is 0.228 e. The van der Waals surface area contributed by atoms with Crippen molar-refractivity contribution in [1.29, 1.82) is 0 Å². The number of ether oxygens (including phenoxy) is 1. The summed E-state index contributed by atoms with van der Waals surface area (Å²) in [6.07, 6.45) is 6.24. The van der Waals surface area contributed by atoms with Crippen molar-refractivity contribution in [2.45, 2.75) is 11.3 Å². The van der Waals surface area contributed by atoms with Crippen LogP contribution in [0.2, 0.25) is 0 Å². The highest BCUT2D eigenvalue weighted by Crippen LogP contribution is 2.38. The maximum absolute atomic E-state index is 14.0. The summed E-state index contributed by atoms with van der Waals surface area (Å²) in [6, 6.07) is 20.2. The average Bonchev–Trinajstić information content (AvgIpc) is 3.10. The number of halogens is 1. The Labute approximate surface area is 185 Å². The van der Waals surface area contributed by atoms with Gasteiger partial charge >= 0.3 is 0 Å². The standard InChI is InChI=1S/C26H22FNO2S/c1-30-22-8-6-21(7-9-22)28-26(29)15-19-14-18(24-12-5-20(27)16-25(19)24)13-17-3-10-23(31-2)11-4-17/h3-14,16H,15H2,1-2H3,(H,28,29). The Bertz CT molecular complexity index is 1170. The van der Waals surface area contributed by atoms with Crippen molar-refractivity contribution in [1.82, 2.24) is 0 Å². The first-order valence-corrected chi connectivity index (χ1v) is 11.1. The van der Waals surface area contributed by atoms with Gasteiger partial charge in [-0.3, -0.25) is 4.79 Å². The van der Waals surface area contributed by atoms with Crippen LogP contribution >= 0.6 is 11.8 Å². The van der Waals surface area contributed by atoms with Gasteiger partial charge in [-0.15, -0.1) is 11.8 Å². The van der Waals surface area contributed by atoms with Gasteiger partial charge in [0.1, 0.15) is 11.6 Å². The molecule has 1 N–H and O–H groups in total. The normalized spacial score (nSPS) is 13.6. The van der Waals surface area contributed by atoms with Crippen LogP contribution in [0.1, 0.15) is 23.1 Å². The molecule has 0 saturated carbocycles. The third-order valence-electron chi connectivity index (χ3n) is 5.13. The summed E-state index contributed by atoms with van der Waals surface area (Å²) in [7, 11) is 1.60. The first-order valence-electron chi connectivity index (χ1n) is 9.86. The Hall–Kier alpha value is -3.31. The molecule has 156 valence electrons. The molecule has 0 aliphatic heterocycles. The number of allylic oxidation sites excluding steroid dienone is 2. The molecule has 1 amide bonds. The lowest BCUT2D eigenvalue weighted by atomic mass is 10.0. The minimum atomic E-state index is -0.314. The Morgan fingerprint density at radius 3 is 2.45 bits per heavy atom. The number of hydrogen-bond donors (Lipinski definition) is 1. The number of methoxy groups -OCH3 is 1. The molecule has 5 heteroatoms.